The van der Waals surface area contributed by atoms with E-state index in [-0.39, 0.29) is 0 Å². The number of hydrogen-bond acceptors (Lipinski definition) is 4. The zero-order valence-electron chi connectivity index (χ0n) is 12.8. The third-order valence-electron chi connectivity index (χ3n) is 3.89. The molecule has 0 radical (unpaired) electrons. The van der Waals surface area contributed by atoms with Crippen LogP contribution >= 0.6 is 0 Å². The molecule has 1 aliphatic heterocycles. The number of hydrogen-bond donors (Lipinski definition) is 1. The van der Waals surface area contributed by atoms with E-state index in [1.165, 1.54) is 12.0 Å². The summed E-state index contributed by atoms with van der Waals surface area (Å²) >= 11 is 0. The van der Waals surface area contributed by atoms with Gasteiger partial charge in [-0.2, -0.15) is 0 Å². The van der Waals surface area contributed by atoms with Crippen LogP contribution in [0.1, 0.15) is 31.9 Å². The van der Waals surface area contributed by atoms with Crippen molar-refractivity contribution in [3.05, 3.63) is 23.8 Å². The van der Waals surface area contributed by atoms with Crippen LogP contribution in [0.25, 0.3) is 0 Å². The van der Waals surface area contributed by atoms with E-state index < -0.39 is 0 Å². The number of ether oxygens (including phenoxy) is 2. The van der Waals surface area contributed by atoms with E-state index in [2.05, 4.69) is 29.3 Å². The monoisotopic (exact) mass is 278 g/mol. The van der Waals surface area contributed by atoms with Gasteiger partial charge in [0, 0.05) is 19.1 Å². The lowest BCUT2D eigenvalue weighted by Crippen LogP contribution is -2.30. The summed E-state index contributed by atoms with van der Waals surface area (Å²) in [6, 6.07) is 6.67. The van der Waals surface area contributed by atoms with Crippen LogP contribution in [0.3, 0.4) is 0 Å². The highest BCUT2D eigenvalue weighted by molar-refractivity contribution is 5.43. The Hall–Kier alpha value is -1.26. The minimum absolute atomic E-state index is 0.402. The van der Waals surface area contributed by atoms with Crippen LogP contribution in [-0.4, -0.2) is 44.8 Å². The molecule has 0 aromatic heterocycles. The summed E-state index contributed by atoms with van der Waals surface area (Å²) in [4.78, 5) is 2.52. The quantitative estimate of drug-likeness (QED) is 0.897. The largest absolute Gasteiger partial charge is 0.493 e. The van der Waals surface area contributed by atoms with Gasteiger partial charge in [-0.3, -0.25) is 4.90 Å². The zero-order chi connectivity index (χ0) is 14.4. The molecular formula is C16H26N2O2. The maximum Gasteiger partial charge on any atom is 0.161 e. The molecule has 1 saturated heterocycles. The molecule has 1 aliphatic rings. The second-order valence-corrected chi connectivity index (χ2v) is 5.16. The van der Waals surface area contributed by atoms with Crippen LogP contribution in [0.15, 0.2) is 18.2 Å². The molecule has 4 heteroatoms. The average Bonchev–Trinajstić information content (AvgIpc) is 2.76. The van der Waals surface area contributed by atoms with Gasteiger partial charge in [0.2, 0.25) is 0 Å². The Morgan fingerprint density at radius 2 is 2.10 bits per heavy atom. The van der Waals surface area contributed by atoms with Gasteiger partial charge in [0.05, 0.1) is 13.7 Å². The van der Waals surface area contributed by atoms with Crippen molar-refractivity contribution >= 4 is 0 Å². The van der Waals surface area contributed by atoms with Crippen LogP contribution in [-0.2, 0) is 0 Å². The summed E-state index contributed by atoms with van der Waals surface area (Å²) in [6.07, 6.45) is 1.21. The third kappa shape index (κ3) is 3.64. The van der Waals surface area contributed by atoms with E-state index in [1.54, 1.807) is 7.11 Å². The van der Waals surface area contributed by atoms with Crippen LogP contribution in [0.4, 0.5) is 0 Å². The Kier molecular flexibility index (Phi) is 5.68. The van der Waals surface area contributed by atoms with Crippen LogP contribution < -0.4 is 14.8 Å². The van der Waals surface area contributed by atoms with Gasteiger partial charge in [0.15, 0.2) is 11.5 Å². The first-order valence-electron chi connectivity index (χ1n) is 7.51. The first-order valence-corrected chi connectivity index (χ1v) is 7.51. The average molecular weight is 278 g/mol. The van der Waals surface area contributed by atoms with Crippen LogP contribution in [0.2, 0.25) is 0 Å². The predicted molar refractivity (Wildman–Crippen MR) is 81.6 cm³/mol. The maximum atomic E-state index is 5.58. The summed E-state index contributed by atoms with van der Waals surface area (Å²) in [5.41, 5.74) is 1.28. The molecule has 0 bridgehead atoms. The molecule has 1 aromatic carbocycles. The predicted octanol–water partition coefficient (Wildman–Crippen LogP) is 2.45. The molecule has 2 rings (SSSR count). The van der Waals surface area contributed by atoms with Crippen molar-refractivity contribution in [1.82, 2.24) is 10.2 Å². The Bertz CT molecular complexity index is 415. The number of rotatable bonds is 5. The van der Waals surface area contributed by atoms with Crippen molar-refractivity contribution in [2.75, 3.05) is 39.9 Å². The molecule has 0 aliphatic carbocycles. The third-order valence-corrected chi connectivity index (χ3v) is 3.89. The van der Waals surface area contributed by atoms with Crippen molar-refractivity contribution in [2.24, 2.45) is 0 Å². The fourth-order valence-corrected chi connectivity index (χ4v) is 2.68. The van der Waals surface area contributed by atoms with Crippen molar-refractivity contribution in [2.45, 2.75) is 26.3 Å². The molecule has 0 spiro atoms. The van der Waals surface area contributed by atoms with Gasteiger partial charge in [-0.05, 0) is 51.1 Å². The highest BCUT2D eigenvalue weighted by Gasteiger charge is 2.18. The van der Waals surface area contributed by atoms with E-state index in [4.69, 9.17) is 9.47 Å². The fraction of sp³-hybridized carbons (Fsp3) is 0.625. The van der Waals surface area contributed by atoms with Crippen molar-refractivity contribution in [1.29, 1.82) is 0 Å². The molecule has 1 heterocycles. The second kappa shape index (κ2) is 7.50. The second-order valence-electron chi connectivity index (χ2n) is 5.16. The lowest BCUT2D eigenvalue weighted by atomic mass is 10.1. The number of nitrogens with zero attached hydrogens (tertiary/aromatic N) is 1. The molecule has 0 amide bonds. The molecule has 1 fully saturated rings. The van der Waals surface area contributed by atoms with Gasteiger partial charge in [0.25, 0.3) is 0 Å². The van der Waals surface area contributed by atoms with Crippen molar-refractivity contribution in [3.63, 3.8) is 0 Å². The highest BCUT2D eigenvalue weighted by Crippen LogP contribution is 2.32. The molecule has 1 unspecified atom stereocenters. The molecule has 1 aromatic rings. The van der Waals surface area contributed by atoms with E-state index in [9.17, 15) is 0 Å². The van der Waals surface area contributed by atoms with Crippen LogP contribution in [0.5, 0.6) is 11.5 Å². The summed E-state index contributed by atoms with van der Waals surface area (Å²) < 4.78 is 11.0. The summed E-state index contributed by atoms with van der Waals surface area (Å²) in [7, 11) is 1.70. The highest BCUT2D eigenvalue weighted by atomic mass is 16.5. The molecule has 4 nitrogen and oxygen atoms in total. The van der Waals surface area contributed by atoms with E-state index in [0.717, 1.165) is 37.7 Å². The Morgan fingerprint density at radius 1 is 1.25 bits per heavy atom. The minimum atomic E-state index is 0.402. The van der Waals surface area contributed by atoms with E-state index >= 15 is 0 Å². The molecule has 20 heavy (non-hydrogen) atoms. The molecule has 0 saturated carbocycles. The van der Waals surface area contributed by atoms with Crippen LogP contribution in [0, 0.1) is 0 Å². The van der Waals surface area contributed by atoms with Gasteiger partial charge >= 0.3 is 0 Å². The molecular weight excluding hydrogens is 252 g/mol. The number of benzene rings is 1. The lowest BCUT2D eigenvalue weighted by molar-refractivity contribution is 0.224. The number of nitrogens with one attached hydrogen (secondary N) is 1. The smallest absolute Gasteiger partial charge is 0.161 e. The van der Waals surface area contributed by atoms with Gasteiger partial charge < -0.3 is 14.8 Å². The first kappa shape index (κ1) is 15.1. The molecule has 1 atom stereocenters. The standard InChI is InChI=1S/C16H26N2O2/c1-4-20-15-7-6-14(12-16(15)19-3)13(2)18-10-5-8-17-9-11-18/h6-7,12-13,17H,4-5,8-11H2,1-3H3. The molecule has 112 valence electrons. The van der Waals surface area contributed by atoms with Gasteiger partial charge in [-0.1, -0.05) is 6.07 Å². The lowest BCUT2D eigenvalue weighted by Gasteiger charge is -2.28. The van der Waals surface area contributed by atoms with E-state index in [0.29, 0.717) is 12.6 Å². The van der Waals surface area contributed by atoms with Gasteiger partial charge in [-0.25, -0.2) is 0 Å². The number of methoxy groups -OCH3 is 1. The SMILES string of the molecule is CCOc1ccc(C(C)N2CCCNCC2)cc1OC. The first-order chi connectivity index (χ1) is 9.76. The molecule has 1 N–H and O–H groups in total. The zero-order valence-corrected chi connectivity index (χ0v) is 12.8. The topological polar surface area (TPSA) is 33.7 Å². The summed E-state index contributed by atoms with van der Waals surface area (Å²) in [6.45, 7) is 9.33. The van der Waals surface area contributed by atoms with Gasteiger partial charge in [-0.15, -0.1) is 0 Å². The van der Waals surface area contributed by atoms with Crippen molar-refractivity contribution in [3.8, 4) is 11.5 Å². The normalized spacial score (nSPS) is 18.4. The van der Waals surface area contributed by atoms with E-state index in [1.807, 2.05) is 13.0 Å². The summed E-state index contributed by atoms with van der Waals surface area (Å²) in [5.74, 6) is 1.65. The van der Waals surface area contributed by atoms with Gasteiger partial charge in [0.1, 0.15) is 0 Å². The Morgan fingerprint density at radius 3 is 2.85 bits per heavy atom. The van der Waals surface area contributed by atoms with Crippen molar-refractivity contribution < 1.29 is 9.47 Å². The summed E-state index contributed by atoms with van der Waals surface area (Å²) in [5, 5.41) is 3.45. The minimum Gasteiger partial charge on any atom is -0.493 e. The maximum absolute atomic E-state index is 5.58. The fourth-order valence-electron chi connectivity index (χ4n) is 2.68. The Balaban J connectivity index is 2.14. The Labute approximate surface area is 122 Å².